The van der Waals surface area contributed by atoms with Crippen LogP contribution in [0.5, 0.6) is 0 Å². The standard InChI is InChI=1S/C13H16F3N3O.ClH/c14-13(15,16)9-18-12(20)8-19-6-5-17-7-10-3-1-2-4-11(10)19;/h1-4,17H,5-9H2,(H,18,20);1H. The Morgan fingerprint density at radius 3 is 2.76 bits per heavy atom. The van der Waals surface area contributed by atoms with Crippen LogP contribution >= 0.6 is 12.4 Å². The summed E-state index contributed by atoms with van der Waals surface area (Å²) in [6.07, 6.45) is -4.38. The van der Waals surface area contributed by atoms with E-state index >= 15 is 0 Å². The molecule has 118 valence electrons. The zero-order valence-corrected chi connectivity index (χ0v) is 12.1. The summed E-state index contributed by atoms with van der Waals surface area (Å²) in [6.45, 7) is 0.586. The molecule has 21 heavy (non-hydrogen) atoms. The van der Waals surface area contributed by atoms with Crippen LogP contribution in [0, 0.1) is 0 Å². The van der Waals surface area contributed by atoms with Gasteiger partial charge in [0.1, 0.15) is 6.54 Å². The summed E-state index contributed by atoms with van der Waals surface area (Å²) in [7, 11) is 0. The maximum Gasteiger partial charge on any atom is 0.405 e. The van der Waals surface area contributed by atoms with E-state index in [-0.39, 0.29) is 19.0 Å². The number of para-hydroxylation sites is 1. The molecule has 0 atom stereocenters. The average molecular weight is 324 g/mol. The van der Waals surface area contributed by atoms with E-state index < -0.39 is 18.6 Å². The zero-order chi connectivity index (χ0) is 14.6. The van der Waals surface area contributed by atoms with Crippen LogP contribution in [0.2, 0.25) is 0 Å². The van der Waals surface area contributed by atoms with Crippen molar-refractivity contribution in [3.05, 3.63) is 29.8 Å². The third-order valence-electron chi connectivity index (χ3n) is 3.03. The predicted octanol–water partition coefficient (Wildman–Crippen LogP) is 1.70. The van der Waals surface area contributed by atoms with Crippen molar-refractivity contribution in [2.24, 2.45) is 0 Å². The topological polar surface area (TPSA) is 44.4 Å². The van der Waals surface area contributed by atoms with Gasteiger partial charge in [-0.3, -0.25) is 4.79 Å². The molecule has 0 aliphatic carbocycles. The molecule has 1 aromatic carbocycles. The summed E-state index contributed by atoms with van der Waals surface area (Å²) in [4.78, 5) is 13.4. The second-order valence-corrected chi connectivity index (χ2v) is 4.62. The molecule has 0 aromatic heterocycles. The molecular formula is C13H17ClF3N3O. The van der Waals surface area contributed by atoms with Gasteiger partial charge >= 0.3 is 6.18 Å². The van der Waals surface area contributed by atoms with E-state index in [2.05, 4.69) is 5.32 Å². The molecule has 0 fully saturated rings. The number of benzene rings is 1. The van der Waals surface area contributed by atoms with Crippen molar-refractivity contribution < 1.29 is 18.0 Å². The number of nitrogens with one attached hydrogen (secondary N) is 2. The zero-order valence-electron chi connectivity index (χ0n) is 11.2. The van der Waals surface area contributed by atoms with Crippen molar-refractivity contribution in [3.63, 3.8) is 0 Å². The van der Waals surface area contributed by atoms with E-state index in [0.717, 1.165) is 11.3 Å². The number of nitrogens with zero attached hydrogens (tertiary/aromatic N) is 1. The highest BCUT2D eigenvalue weighted by atomic mass is 35.5. The van der Waals surface area contributed by atoms with Gasteiger partial charge in [0.05, 0.1) is 6.54 Å². The van der Waals surface area contributed by atoms with Crippen molar-refractivity contribution >= 4 is 24.0 Å². The van der Waals surface area contributed by atoms with Gasteiger partial charge in [-0.1, -0.05) is 18.2 Å². The molecular weight excluding hydrogens is 307 g/mol. The number of halogens is 4. The fourth-order valence-electron chi connectivity index (χ4n) is 2.12. The van der Waals surface area contributed by atoms with E-state index in [0.29, 0.717) is 19.6 Å². The predicted molar refractivity (Wildman–Crippen MR) is 76.7 cm³/mol. The van der Waals surface area contributed by atoms with Crippen molar-refractivity contribution in [3.8, 4) is 0 Å². The van der Waals surface area contributed by atoms with Crippen LogP contribution in [-0.2, 0) is 11.3 Å². The van der Waals surface area contributed by atoms with Crippen molar-refractivity contribution in [1.29, 1.82) is 0 Å². The molecule has 0 spiro atoms. The first-order valence-electron chi connectivity index (χ1n) is 6.33. The molecule has 0 unspecified atom stereocenters. The van der Waals surface area contributed by atoms with Crippen molar-refractivity contribution in [1.82, 2.24) is 10.6 Å². The molecule has 2 N–H and O–H groups in total. The van der Waals surface area contributed by atoms with Gasteiger partial charge in [0.25, 0.3) is 0 Å². The Bertz CT molecular complexity index is 482. The van der Waals surface area contributed by atoms with Gasteiger partial charge in [-0.25, -0.2) is 0 Å². The van der Waals surface area contributed by atoms with E-state index in [9.17, 15) is 18.0 Å². The minimum Gasteiger partial charge on any atom is -0.361 e. The van der Waals surface area contributed by atoms with Gasteiger partial charge in [-0.2, -0.15) is 13.2 Å². The lowest BCUT2D eigenvalue weighted by molar-refractivity contribution is -0.137. The van der Waals surface area contributed by atoms with Crippen LogP contribution in [-0.4, -0.2) is 38.3 Å². The van der Waals surface area contributed by atoms with Gasteiger partial charge in [-0.05, 0) is 11.6 Å². The van der Waals surface area contributed by atoms with Crippen LogP contribution < -0.4 is 15.5 Å². The average Bonchev–Trinajstić information content (AvgIpc) is 2.59. The third kappa shape index (κ3) is 5.43. The second kappa shape index (κ2) is 7.51. The summed E-state index contributed by atoms with van der Waals surface area (Å²) in [5.41, 5.74) is 1.92. The number of fused-ring (bicyclic) bond motifs is 1. The van der Waals surface area contributed by atoms with Crippen LogP contribution in [0.3, 0.4) is 0 Å². The number of amides is 1. The lowest BCUT2D eigenvalue weighted by Crippen LogP contribution is -2.42. The Hall–Kier alpha value is -1.47. The number of carbonyl (C=O) groups excluding carboxylic acids is 1. The molecule has 4 nitrogen and oxygen atoms in total. The van der Waals surface area contributed by atoms with E-state index in [1.54, 1.807) is 4.90 Å². The second-order valence-electron chi connectivity index (χ2n) is 4.62. The van der Waals surface area contributed by atoms with E-state index in [4.69, 9.17) is 0 Å². The Balaban J connectivity index is 0.00000220. The van der Waals surface area contributed by atoms with E-state index in [1.165, 1.54) is 0 Å². The first-order chi connectivity index (χ1) is 9.46. The summed E-state index contributed by atoms with van der Waals surface area (Å²) in [6, 6.07) is 7.56. The van der Waals surface area contributed by atoms with Crippen molar-refractivity contribution in [2.75, 3.05) is 31.1 Å². The first kappa shape index (κ1) is 17.6. The van der Waals surface area contributed by atoms with Crippen LogP contribution in [0.15, 0.2) is 24.3 Å². The highest BCUT2D eigenvalue weighted by Crippen LogP contribution is 2.21. The quantitative estimate of drug-likeness (QED) is 0.890. The Kier molecular flexibility index (Phi) is 6.29. The minimum absolute atomic E-state index is 0. The molecule has 1 amide bonds. The number of hydrogen-bond donors (Lipinski definition) is 2. The molecule has 0 radical (unpaired) electrons. The molecule has 0 saturated carbocycles. The normalized spacial score (nSPS) is 14.7. The molecule has 0 bridgehead atoms. The van der Waals surface area contributed by atoms with Gasteiger partial charge < -0.3 is 15.5 Å². The van der Waals surface area contributed by atoms with Gasteiger partial charge in [0, 0.05) is 25.3 Å². The molecule has 8 heteroatoms. The maximum absolute atomic E-state index is 12.1. The maximum atomic E-state index is 12.1. The van der Waals surface area contributed by atoms with Gasteiger partial charge in [0.15, 0.2) is 0 Å². The fraction of sp³-hybridized carbons (Fsp3) is 0.462. The summed E-state index contributed by atoms with van der Waals surface area (Å²) in [5, 5.41) is 5.10. The largest absolute Gasteiger partial charge is 0.405 e. The molecule has 1 heterocycles. The monoisotopic (exact) mass is 323 g/mol. The molecule has 2 rings (SSSR count). The third-order valence-corrected chi connectivity index (χ3v) is 3.03. The number of rotatable bonds is 3. The SMILES string of the molecule is Cl.O=C(CN1CCNCc2ccccc21)NCC(F)(F)F. The van der Waals surface area contributed by atoms with Crippen molar-refractivity contribution in [2.45, 2.75) is 12.7 Å². The number of hydrogen-bond acceptors (Lipinski definition) is 3. The summed E-state index contributed by atoms with van der Waals surface area (Å²) < 4.78 is 36.2. The molecule has 1 aliphatic heterocycles. The Morgan fingerprint density at radius 2 is 2.05 bits per heavy atom. The van der Waals surface area contributed by atoms with Crippen LogP contribution in [0.4, 0.5) is 18.9 Å². The number of anilines is 1. The lowest BCUT2D eigenvalue weighted by Gasteiger charge is -2.24. The minimum atomic E-state index is -4.38. The van der Waals surface area contributed by atoms with E-state index in [1.807, 2.05) is 29.6 Å². The Morgan fingerprint density at radius 1 is 1.33 bits per heavy atom. The highest BCUT2D eigenvalue weighted by Gasteiger charge is 2.28. The smallest absolute Gasteiger partial charge is 0.361 e. The number of alkyl halides is 3. The van der Waals surface area contributed by atoms with Gasteiger partial charge in [0.2, 0.25) is 5.91 Å². The highest BCUT2D eigenvalue weighted by molar-refractivity contribution is 5.85. The van der Waals surface area contributed by atoms with Crippen LogP contribution in [0.25, 0.3) is 0 Å². The molecule has 1 aromatic rings. The lowest BCUT2D eigenvalue weighted by atomic mass is 10.1. The number of carbonyl (C=O) groups is 1. The van der Waals surface area contributed by atoms with Crippen LogP contribution in [0.1, 0.15) is 5.56 Å². The Labute approximate surface area is 127 Å². The summed E-state index contributed by atoms with van der Waals surface area (Å²) >= 11 is 0. The van der Waals surface area contributed by atoms with Gasteiger partial charge in [-0.15, -0.1) is 12.4 Å². The molecule has 1 aliphatic rings. The first-order valence-corrected chi connectivity index (χ1v) is 6.33. The summed E-state index contributed by atoms with van der Waals surface area (Å²) in [5.74, 6) is -0.626. The fourth-order valence-corrected chi connectivity index (χ4v) is 2.12. The molecule has 0 saturated heterocycles.